The summed E-state index contributed by atoms with van der Waals surface area (Å²) in [6.45, 7) is 6.31. The molecule has 0 spiro atoms. The molecule has 0 saturated carbocycles. The van der Waals surface area contributed by atoms with Gasteiger partial charge in [0.1, 0.15) is 0 Å². The van der Waals surface area contributed by atoms with Crippen LogP contribution in [0, 0.1) is 0 Å². The molecular weight excluding hydrogens is 409 g/mol. The quantitative estimate of drug-likeness (QED) is 0.502. The molecule has 0 aromatic heterocycles. The molecule has 1 saturated heterocycles. The van der Waals surface area contributed by atoms with Crippen molar-refractivity contribution in [1.82, 2.24) is 0 Å². The van der Waals surface area contributed by atoms with E-state index in [0.717, 1.165) is 12.8 Å². The second-order valence-electron chi connectivity index (χ2n) is 4.32. The summed E-state index contributed by atoms with van der Waals surface area (Å²) in [4.78, 5) is 10.8. The maximum absolute atomic E-state index is 5.45. The predicted molar refractivity (Wildman–Crippen MR) is 47.6 cm³/mol. The standard InChI is InChI=1S/C8H15O2.BrH.Hg/c1-7(2)5-6-8(3,4)10-9-7;;/h1,5-6H2,2-4H3;1H;/q;;+1/p-1. The van der Waals surface area contributed by atoms with E-state index in [4.69, 9.17) is 9.78 Å². The average molecular weight is 424 g/mol. The Bertz CT molecular complexity index is 151. The Kier molecular flexibility index (Phi) is 4.03. The topological polar surface area (TPSA) is 18.5 Å². The normalized spacial score (nSPS) is 34.3. The molecule has 1 atom stereocenters. The van der Waals surface area contributed by atoms with E-state index < -0.39 is 22.1 Å². The van der Waals surface area contributed by atoms with Gasteiger partial charge in [0.05, 0.1) is 0 Å². The van der Waals surface area contributed by atoms with Crippen LogP contribution in [0.4, 0.5) is 0 Å². The van der Waals surface area contributed by atoms with Gasteiger partial charge in [-0.15, -0.1) is 0 Å². The van der Waals surface area contributed by atoms with Gasteiger partial charge in [0.2, 0.25) is 0 Å². The van der Waals surface area contributed by atoms with Gasteiger partial charge in [-0.05, 0) is 0 Å². The first kappa shape index (κ1) is 11.4. The van der Waals surface area contributed by atoms with E-state index in [-0.39, 0.29) is 11.2 Å². The number of rotatable bonds is 2. The Morgan fingerprint density at radius 2 is 1.92 bits per heavy atom. The predicted octanol–water partition coefficient (Wildman–Crippen LogP) is 3.08. The van der Waals surface area contributed by atoms with E-state index in [1.165, 1.54) is 3.93 Å². The van der Waals surface area contributed by atoms with E-state index >= 15 is 0 Å². The first-order chi connectivity index (χ1) is 5.47. The molecule has 0 aromatic carbocycles. The summed E-state index contributed by atoms with van der Waals surface area (Å²) in [6.07, 6.45) is 2.23. The van der Waals surface area contributed by atoms with Crippen LogP contribution in [0.1, 0.15) is 33.6 Å². The molecule has 1 fully saturated rings. The first-order valence-corrected chi connectivity index (χ1v) is 20.2. The van der Waals surface area contributed by atoms with Crippen LogP contribution in [0.15, 0.2) is 0 Å². The fourth-order valence-corrected chi connectivity index (χ4v) is 11.4. The maximum atomic E-state index is 5.45. The van der Waals surface area contributed by atoms with E-state index in [1.807, 2.05) is 0 Å². The fraction of sp³-hybridized carbons (Fsp3) is 1.00. The molecule has 0 bridgehead atoms. The van der Waals surface area contributed by atoms with Crippen LogP contribution in [0.3, 0.4) is 0 Å². The van der Waals surface area contributed by atoms with Gasteiger partial charge in [0.15, 0.2) is 0 Å². The third-order valence-electron chi connectivity index (χ3n) is 2.35. The molecule has 1 unspecified atom stereocenters. The van der Waals surface area contributed by atoms with Crippen molar-refractivity contribution in [1.29, 1.82) is 0 Å². The van der Waals surface area contributed by atoms with Gasteiger partial charge in [-0.2, -0.15) is 0 Å². The van der Waals surface area contributed by atoms with Gasteiger partial charge < -0.3 is 0 Å². The van der Waals surface area contributed by atoms with Crippen molar-refractivity contribution < 1.29 is 31.9 Å². The van der Waals surface area contributed by atoms with E-state index in [9.17, 15) is 0 Å². The van der Waals surface area contributed by atoms with Crippen molar-refractivity contribution in [2.75, 3.05) is 0 Å². The summed E-state index contributed by atoms with van der Waals surface area (Å²) in [5, 5.41) is 0. The third kappa shape index (κ3) is 3.24. The van der Waals surface area contributed by atoms with Gasteiger partial charge in [0.25, 0.3) is 0 Å². The molecule has 12 heavy (non-hydrogen) atoms. The fourth-order valence-electron chi connectivity index (χ4n) is 1.23. The molecule has 0 aromatic rings. The van der Waals surface area contributed by atoms with Crippen LogP contribution in [-0.4, -0.2) is 11.2 Å². The summed E-state index contributed by atoms with van der Waals surface area (Å²) >= 11 is 2.87. The molecule has 0 amide bonds. The van der Waals surface area contributed by atoms with E-state index in [2.05, 4.69) is 32.7 Å². The first-order valence-electron chi connectivity index (χ1n) is 4.40. The molecule has 0 N–H and O–H groups in total. The van der Waals surface area contributed by atoms with Gasteiger partial charge in [0, 0.05) is 0 Å². The van der Waals surface area contributed by atoms with Gasteiger partial charge >= 0.3 is 92.6 Å². The van der Waals surface area contributed by atoms with Crippen LogP contribution in [-0.2, 0) is 31.9 Å². The third-order valence-corrected chi connectivity index (χ3v) is 10.7. The van der Waals surface area contributed by atoms with Crippen molar-refractivity contribution >= 4 is 11.9 Å². The Morgan fingerprint density at radius 1 is 1.25 bits per heavy atom. The van der Waals surface area contributed by atoms with Crippen LogP contribution >= 0.6 is 11.9 Å². The van der Waals surface area contributed by atoms with Crippen molar-refractivity contribution in [2.45, 2.75) is 48.7 Å². The van der Waals surface area contributed by atoms with Gasteiger partial charge in [-0.1, -0.05) is 0 Å². The van der Waals surface area contributed by atoms with Crippen molar-refractivity contribution in [2.24, 2.45) is 0 Å². The molecule has 68 valence electrons. The van der Waals surface area contributed by atoms with Crippen LogP contribution < -0.4 is 0 Å². The molecule has 1 heterocycles. The second kappa shape index (κ2) is 4.24. The van der Waals surface area contributed by atoms with Crippen molar-refractivity contribution in [3.63, 3.8) is 0 Å². The molecular formula is C8H15BrHgO2. The van der Waals surface area contributed by atoms with Gasteiger partial charge in [-0.3, -0.25) is 0 Å². The second-order valence-corrected chi connectivity index (χ2v) is 14.7. The van der Waals surface area contributed by atoms with Crippen molar-refractivity contribution in [3.05, 3.63) is 0 Å². The monoisotopic (exact) mass is 424 g/mol. The summed E-state index contributed by atoms with van der Waals surface area (Å²) < 4.78 is 1.23. The number of halogens is 1. The Hall–Kier alpha value is 1.34. The van der Waals surface area contributed by atoms with Crippen LogP contribution in [0.25, 0.3) is 0 Å². The zero-order chi connectivity index (χ0) is 9.24. The Morgan fingerprint density at radius 3 is 2.33 bits per heavy atom. The zero-order valence-electron chi connectivity index (χ0n) is 8.02. The van der Waals surface area contributed by atoms with Crippen molar-refractivity contribution in [3.8, 4) is 0 Å². The molecule has 1 aliphatic heterocycles. The minimum absolute atomic E-state index is 0.0145. The molecule has 1 rings (SSSR count). The molecule has 4 heteroatoms. The Labute approximate surface area is 92.0 Å². The summed E-state index contributed by atoms with van der Waals surface area (Å²) in [5.74, 6) is 0. The Balaban J connectivity index is 2.44. The SMILES string of the molecule is CC1(C)CCC(C)([CH2][Hg][Br])OO1. The summed E-state index contributed by atoms with van der Waals surface area (Å²) in [6, 6.07) is 0. The average Bonchev–Trinajstić information content (AvgIpc) is 1.98. The van der Waals surface area contributed by atoms with Crippen LogP contribution in [0.5, 0.6) is 0 Å². The number of hydrogen-bond donors (Lipinski definition) is 0. The van der Waals surface area contributed by atoms with Crippen LogP contribution in [0.2, 0.25) is 3.93 Å². The molecule has 0 radical (unpaired) electrons. The zero-order valence-corrected chi connectivity index (χ0v) is 15.1. The summed E-state index contributed by atoms with van der Waals surface area (Å²) in [7, 11) is 0. The van der Waals surface area contributed by atoms with Gasteiger partial charge in [-0.25, -0.2) is 0 Å². The molecule has 2 nitrogen and oxygen atoms in total. The minimum atomic E-state index is -0.765. The summed E-state index contributed by atoms with van der Waals surface area (Å²) in [5.41, 5.74) is -0.0662. The van der Waals surface area contributed by atoms with E-state index in [1.54, 1.807) is 0 Å². The molecule has 0 aliphatic carbocycles. The number of hydrogen-bond acceptors (Lipinski definition) is 2. The van der Waals surface area contributed by atoms with E-state index in [0.29, 0.717) is 0 Å². The molecule has 1 aliphatic rings.